The fourth-order valence-corrected chi connectivity index (χ4v) is 3.73. The first-order valence-corrected chi connectivity index (χ1v) is 7.48. The molecule has 102 valence electrons. The minimum absolute atomic E-state index is 0.165. The van der Waals surface area contributed by atoms with E-state index in [0.717, 1.165) is 12.8 Å². The number of carbonyl (C=O) groups excluding carboxylic acids is 2. The molecule has 1 fully saturated rings. The Kier molecular flexibility index (Phi) is 3.31. The molecule has 3 rings (SSSR count). The highest BCUT2D eigenvalue weighted by atomic mass is 32.1. The summed E-state index contributed by atoms with van der Waals surface area (Å²) in [5, 5.41) is 0. The van der Waals surface area contributed by atoms with Gasteiger partial charge in [0.05, 0.1) is 0 Å². The molecule has 0 unspecified atom stereocenters. The summed E-state index contributed by atoms with van der Waals surface area (Å²) in [5.74, 6) is -0.822. The monoisotopic (exact) mass is 280 g/mol. The lowest BCUT2D eigenvalue weighted by molar-refractivity contribution is -0.147. The van der Waals surface area contributed by atoms with Gasteiger partial charge in [0.15, 0.2) is 0 Å². The molecule has 2 aliphatic rings. The van der Waals surface area contributed by atoms with Crippen LogP contribution in [-0.4, -0.2) is 24.1 Å². The van der Waals surface area contributed by atoms with Gasteiger partial charge in [-0.25, -0.2) is 9.59 Å². The smallest absolute Gasteiger partial charge is 0.349 e. The molecule has 19 heavy (non-hydrogen) atoms. The maximum atomic E-state index is 12.1. The molecule has 4 nitrogen and oxygen atoms in total. The maximum Gasteiger partial charge on any atom is 0.349 e. The van der Waals surface area contributed by atoms with Gasteiger partial charge in [-0.2, -0.15) is 0 Å². The number of ether oxygens (including phenoxy) is 2. The molecule has 5 heteroatoms. The molecule has 0 N–H and O–H groups in total. The van der Waals surface area contributed by atoms with Crippen molar-refractivity contribution in [1.29, 1.82) is 0 Å². The zero-order valence-corrected chi connectivity index (χ0v) is 11.6. The molecule has 0 saturated carbocycles. The number of hydrogen-bond acceptors (Lipinski definition) is 5. The number of fused-ring (bicyclic) bond motifs is 1. The lowest BCUT2D eigenvalue weighted by atomic mass is 9.99. The summed E-state index contributed by atoms with van der Waals surface area (Å²) in [6, 6.07) is 1.92. The Hall–Kier alpha value is -1.36. The number of esters is 2. The van der Waals surface area contributed by atoms with Crippen molar-refractivity contribution in [3.63, 3.8) is 0 Å². The van der Waals surface area contributed by atoms with E-state index < -0.39 is 18.0 Å². The van der Waals surface area contributed by atoms with Crippen LogP contribution in [0.15, 0.2) is 6.07 Å². The summed E-state index contributed by atoms with van der Waals surface area (Å²) >= 11 is 1.50. The summed E-state index contributed by atoms with van der Waals surface area (Å²) in [6.45, 7) is 1.80. The molecule has 1 aromatic heterocycles. The van der Waals surface area contributed by atoms with E-state index in [4.69, 9.17) is 9.47 Å². The quantitative estimate of drug-likeness (QED) is 0.781. The fourth-order valence-electron chi connectivity index (χ4n) is 2.59. The Morgan fingerprint density at radius 3 is 2.89 bits per heavy atom. The average Bonchev–Trinajstić information content (AvgIpc) is 2.93. The third kappa shape index (κ3) is 2.52. The number of cyclic esters (lactones) is 1. The van der Waals surface area contributed by atoms with Gasteiger partial charge in [-0.05, 0) is 44.2 Å². The predicted molar refractivity (Wildman–Crippen MR) is 70.3 cm³/mol. The van der Waals surface area contributed by atoms with Crippen LogP contribution in [0.2, 0.25) is 0 Å². The normalized spacial score (nSPS) is 25.8. The highest BCUT2D eigenvalue weighted by molar-refractivity contribution is 7.14. The molecule has 0 radical (unpaired) electrons. The number of hydrogen-bond donors (Lipinski definition) is 0. The molecule has 0 aromatic carbocycles. The van der Waals surface area contributed by atoms with E-state index in [0.29, 0.717) is 11.3 Å². The average molecular weight is 280 g/mol. The molecular formula is C14H16O4S. The van der Waals surface area contributed by atoms with Crippen molar-refractivity contribution in [3.8, 4) is 0 Å². The molecule has 0 amide bonds. The van der Waals surface area contributed by atoms with Crippen molar-refractivity contribution >= 4 is 23.3 Å². The number of aryl methyl sites for hydroxylation is 2. The van der Waals surface area contributed by atoms with E-state index >= 15 is 0 Å². The van der Waals surface area contributed by atoms with Crippen LogP contribution in [0.1, 0.15) is 46.3 Å². The Morgan fingerprint density at radius 1 is 1.42 bits per heavy atom. The van der Waals surface area contributed by atoms with Crippen LogP contribution in [0.4, 0.5) is 0 Å². The zero-order chi connectivity index (χ0) is 13.4. The standard InChI is InChI=1S/C14H16O4S/c1-8-6-10(13(15)17-8)18-14(16)12-7-9-4-2-3-5-11(9)19-12/h7-8,10H,2-6H2,1H3/t8-,10-/m1/s1. The van der Waals surface area contributed by atoms with E-state index in [1.807, 2.05) is 6.07 Å². The van der Waals surface area contributed by atoms with Crippen LogP contribution in [0.3, 0.4) is 0 Å². The predicted octanol–water partition coefficient (Wildman–Crippen LogP) is 2.49. The highest BCUT2D eigenvalue weighted by Gasteiger charge is 2.35. The first-order chi connectivity index (χ1) is 9.13. The van der Waals surface area contributed by atoms with Crippen LogP contribution >= 0.6 is 11.3 Å². The first-order valence-electron chi connectivity index (χ1n) is 6.66. The lowest BCUT2D eigenvalue weighted by Gasteiger charge is -2.08. The Labute approximate surface area is 115 Å². The SMILES string of the molecule is C[C@@H]1C[C@@H](OC(=O)c2cc3c(s2)CCCC3)C(=O)O1. The van der Waals surface area contributed by atoms with Gasteiger partial charge in [0, 0.05) is 11.3 Å². The summed E-state index contributed by atoms with van der Waals surface area (Å²) < 4.78 is 10.2. The molecule has 1 saturated heterocycles. The Morgan fingerprint density at radius 2 is 2.21 bits per heavy atom. The first kappa shape index (κ1) is 12.7. The van der Waals surface area contributed by atoms with Crippen molar-refractivity contribution in [1.82, 2.24) is 0 Å². The summed E-state index contributed by atoms with van der Waals surface area (Å²) in [5.41, 5.74) is 1.27. The largest absolute Gasteiger partial charge is 0.460 e. The molecule has 0 spiro atoms. The van der Waals surface area contributed by atoms with E-state index in [2.05, 4.69) is 0 Å². The van der Waals surface area contributed by atoms with Gasteiger partial charge in [-0.1, -0.05) is 0 Å². The Balaban J connectivity index is 1.70. The number of thiophene rings is 1. The van der Waals surface area contributed by atoms with Crippen molar-refractivity contribution < 1.29 is 19.1 Å². The van der Waals surface area contributed by atoms with Crippen LogP contribution < -0.4 is 0 Å². The van der Waals surface area contributed by atoms with Gasteiger partial charge in [0.2, 0.25) is 6.10 Å². The highest BCUT2D eigenvalue weighted by Crippen LogP contribution is 2.30. The fraction of sp³-hybridized carbons (Fsp3) is 0.571. The molecule has 1 aromatic rings. The van der Waals surface area contributed by atoms with Crippen LogP contribution in [0.5, 0.6) is 0 Å². The molecule has 0 bridgehead atoms. The van der Waals surface area contributed by atoms with E-state index in [-0.39, 0.29) is 6.10 Å². The number of rotatable bonds is 2. The van der Waals surface area contributed by atoms with Gasteiger partial charge in [0.25, 0.3) is 0 Å². The lowest BCUT2D eigenvalue weighted by Crippen LogP contribution is -2.22. The van der Waals surface area contributed by atoms with Gasteiger partial charge >= 0.3 is 11.9 Å². The van der Waals surface area contributed by atoms with Crippen molar-refractivity contribution in [3.05, 3.63) is 21.4 Å². The maximum absolute atomic E-state index is 12.1. The third-order valence-electron chi connectivity index (χ3n) is 3.57. The van der Waals surface area contributed by atoms with E-state index in [1.54, 1.807) is 6.92 Å². The molecule has 2 heterocycles. The summed E-state index contributed by atoms with van der Waals surface area (Å²) in [6.07, 6.45) is 4.02. The van der Waals surface area contributed by atoms with E-state index in [1.165, 1.54) is 34.6 Å². The van der Waals surface area contributed by atoms with Crippen LogP contribution in [0, 0.1) is 0 Å². The minimum atomic E-state index is -0.735. The van der Waals surface area contributed by atoms with Crippen molar-refractivity contribution in [2.24, 2.45) is 0 Å². The topological polar surface area (TPSA) is 52.6 Å². The van der Waals surface area contributed by atoms with Crippen LogP contribution in [-0.2, 0) is 27.1 Å². The Bertz CT molecular complexity index is 496. The van der Waals surface area contributed by atoms with Gasteiger partial charge in [-0.15, -0.1) is 11.3 Å². The molecule has 1 aliphatic heterocycles. The van der Waals surface area contributed by atoms with Crippen molar-refractivity contribution in [2.45, 2.75) is 51.2 Å². The molecule has 2 atom stereocenters. The summed E-state index contributed by atoms with van der Waals surface area (Å²) in [4.78, 5) is 25.4. The van der Waals surface area contributed by atoms with Crippen molar-refractivity contribution in [2.75, 3.05) is 0 Å². The van der Waals surface area contributed by atoms with Gasteiger partial charge in [-0.3, -0.25) is 0 Å². The second-order valence-corrected chi connectivity index (χ2v) is 6.28. The second-order valence-electron chi connectivity index (χ2n) is 5.14. The second kappa shape index (κ2) is 4.96. The zero-order valence-electron chi connectivity index (χ0n) is 10.8. The van der Waals surface area contributed by atoms with E-state index in [9.17, 15) is 9.59 Å². The third-order valence-corrected chi connectivity index (χ3v) is 4.79. The van der Waals surface area contributed by atoms with Crippen LogP contribution in [0.25, 0.3) is 0 Å². The number of carbonyl (C=O) groups is 2. The van der Waals surface area contributed by atoms with Gasteiger partial charge in [0.1, 0.15) is 11.0 Å². The van der Waals surface area contributed by atoms with Gasteiger partial charge < -0.3 is 9.47 Å². The summed E-state index contributed by atoms with van der Waals surface area (Å²) in [7, 11) is 0. The molecule has 1 aliphatic carbocycles. The molecular weight excluding hydrogens is 264 g/mol. The minimum Gasteiger partial charge on any atom is -0.460 e.